The molecular formula is C15H19N3O2S. The largest absolute Gasteiger partial charge is 0.360 e. The summed E-state index contributed by atoms with van der Waals surface area (Å²) in [6, 6.07) is 9.15. The normalized spacial score (nSPS) is 15.4. The first-order valence-corrected chi connectivity index (χ1v) is 7.39. The lowest BCUT2D eigenvalue weighted by Crippen LogP contribution is -2.49. The van der Waals surface area contributed by atoms with E-state index in [-0.39, 0.29) is 17.9 Å². The molecule has 0 aromatic heterocycles. The summed E-state index contributed by atoms with van der Waals surface area (Å²) in [7, 11) is 0. The van der Waals surface area contributed by atoms with Crippen molar-refractivity contribution >= 4 is 29.1 Å². The summed E-state index contributed by atoms with van der Waals surface area (Å²) in [4.78, 5) is 25.0. The molecule has 5 nitrogen and oxygen atoms in total. The number of hydrogen-bond acceptors (Lipinski definition) is 3. The third-order valence-electron chi connectivity index (χ3n) is 3.54. The number of hydrogen-bond donors (Lipinski definition) is 2. The lowest BCUT2D eigenvalue weighted by Gasteiger charge is -2.32. The van der Waals surface area contributed by atoms with Crippen LogP contribution in [0.5, 0.6) is 0 Å². The number of likely N-dealkylation sites (tertiary alicyclic amines) is 1. The standard InChI is InChI=1S/C15H19N3O2S/c1-11(19)18-9-7-13(8-10-18)16-15(21)17-14(20)12-5-3-2-4-6-12/h2-6,13H,7-10H2,1H3,(H2,16,17,20,21). The summed E-state index contributed by atoms with van der Waals surface area (Å²) in [5, 5.41) is 6.16. The van der Waals surface area contributed by atoms with E-state index in [0.29, 0.717) is 10.7 Å². The van der Waals surface area contributed by atoms with Gasteiger partial charge in [-0.05, 0) is 37.2 Å². The molecule has 0 radical (unpaired) electrons. The van der Waals surface area contributed by atoms with Crippen molar-refractivity contribution in [3.8, 4) is 0 Å². The molecule has 1 aliphatic rings. The SMILES string of the molecule is CC(=O)N1CCC(NC(=S)NC(=O)c2ccccc2)CC1. The highest BCUT2D eigenvalue weighted by molar-refractivity contribution is 7.80. The van der Waals surface area contributed by atoms with Gasteiger partial charge in [0, 0.05) is 31.6 Å². The van der Waals surface area contributed by atoms with Gasteiger partial charge in [-0.3, -0.25) is 14.9 Å². The zero-order valence-corrected chi connectivity index (χ0v) is 12.8. The van der Waals surface area contributed by atoms with Crippen LogP contribution in [0.25, 0.3) is 0 Å². The number of nitrogens with zero attached hydrogens (tertiary/aromatic N) is 1. The van der Waals surface area contributed by atoms with Crippen molar-refractivity contribution in [2.75, 3.05) is 13.1 Å². The fourth-order valence-corrected chi connectivity index (χ4v) is 2.58. The molecular weight excluding hydrogens is 286 g/mol. The number of carbonyl (C=O) groups excluding carboxylic acids is 2. The first-order chi connectivity index (χ1) is 10.1. The van der Waals surface area contributed by atoms with Crippen LogP contribution in [0.15, 0.2) is 30.3 Å². The van der Waals surface area contributed by atoms with E-state index in [0.717, 1.165) is 25.9 Å². The summed E-state index contributed by atoms with van der Waals surface area (Å²) in [5.74, 6) is -0.109. The molecule has 0 saturated carbocycles. The lowest BCUT2D eigenvalue weighted by molar-refractivity contribution is -0.129. The van der Waals surface area contributed by atoms with Crippen molar-refractivity contribution in [2.24, 2.45) is 0 Å². The zero-order chi connectivity index (χ0) is 15.2. The van der Waals surface area contributed by atoms with Crippen molar-refractivity contribution in [3.05, 3.63) is 35.9 Å². The van der Waals surface area contributed by atoms with Crippen molar-refractivity contribution in [1.29, 1.82) is 0 Å². The first kappa shape index (κ1) is 15.4. The van der Waals surface area contributed by atoms with Gasteiger partial charge in [-0.1, -0.05) is 18.2 Å². The van der Waals surface area contributed by atoms with E-state index < -0.39 is 0 Å². The topological polar surface area (TPSA) is 61.4 Å². The number of benzene rings is 1. The third-order valence-corrected chi connectivity index (χ3v) is 3.76. The number of thiocarbonyl (C=S) groups is 1. The van der Waals surface area contributed by atoms with Gasteiger partial charge < -0.3 is 10.2 Å². The Bertz CT molecular complexity index is 525. The minimum absolute atomic E-state index is 0.105. The number of amides is 2. The van der Waals surface area contributed by atoms with Gasteiger partial charge in [-0.25, -0.2) is 0 Å². The maximum absolute atomic E-state index is 11.9. The molecule has 6 heteroatoms. The van der Waals surface area contributed by atoms with Crippen LogP contribution >= 0.6 is 12.2 Å². The zero-order valence-electron chi connectivity index (χ0n) is 12.0. The van der Waals surface area contributed by atoms with Crippen LogP contribution in [0.2, 0.25) is 0 Å². The predicted molar refractivity (Wildman–Crippen MR) is 84.9 cm³/mol. The second kappa shape index (κ2) is 7.17. The van der Waals surface area contributed by atoms with E-state index in [2.05, 4.69) is 10.6 Å². The Morgan fingerprint density at radius 3 is 2.38 bits per heavy atom. The van der Waals surface area contributed by atoms with Gasteiger partial charge in [0.25, 0.3) is 5.91 Å². The lowest BCUT2D eigenvalue weighted by atomic mass is 10.1. The van der Waals surface area contributed by atoms with Crippen molar-refractivity contribution in [3.63, 3.8) is 0 Å². The molecule has 0 spiro atoms. The van der Waals surface area contributed by atoms with E-state index in [1.54, 1.807) is 19.1 Å². The van der Waals surface area contributed by atoms with Crippen LogP contribution < -0.4 is 10.6 Å². The number of rotatable bonds is 2. The molecule has 1 aromatic carbocycles. The van der Waals surface area contributed by atoms with Gasteiger partial charge >= 0.3 is 0 Å². The monoisotopic (exact) mass is 305 g/mol. The third kappa shape index (κ3) is 4.53. The molecule has 0 bridgehead atoms. The van der Waals surface area contributed by atoms with Gasteiger partial charge in [-0.2, -0.15) is 0 Å². The van der Waals surface area contributed by atoms with Gasteiger partial charge in [-0.15, -0.1) is 0 Å². The number of carbonyl (C=O) groups is 2. The van der Waals surface area contributed by atoms with Gasteiger partial charge in [0.2, 0.25) is 5.91 Å². The van der Waals surface area contributed by atoms with Crippen LogP contribution in [-0.2, 0) is 4.79 Å². The average molecular weight is 305 g/mol. The van der Waals surface area contributed by atoms with Crippen LogP contribution in [0.4, 0.5) is 0 Å². The Hall–Kier alpha value is -1.95. The van der Waals surface area contributed by atoms with Crippen LogP contribution in [0.3, 0.4) is 0 Å². The highest BCUT2D eigenvalue weighted by atomic mass is 32.1. The second-order valence-corrected chi connectivity index (χ2v) is 5.48. The molecule has 1 aromatic rings. The predicted octanol–water partition coefficient (Wildman–Crippen LogP) is 1.30. The number of piperidine rings is 1. The molecule has 21 heavy (non-hydrogen) atoms. The molecule has 0 atom stereocenters. The summed E-state index contributed by atoms with van der Waals surface area (Å²) in [5.41, 5.74) is 0.577. The van der Waals surface area contributed by atoms with Gasteiger partial charge in [0.1, 0.15) is 0 Å². The Kier molecular flexibility index (Phi) is 5.27. The molecule has 2 amide bonds. The van der Waals surface area contributed by atoms with E-state index in [1.807, 2.05) is 23.1 Å². The van der Waals surface area contributed by atoms with E-state index in [4.69, 9.17) is 12.2 Å². The maximum Gasteiger partial charge on any atom is 0.257 e. The molecule has 2 N–H and O–H groups in total. The molecule has 0 aliphatic carbocycles. The molecule has 1 heterocycles. The van der Waals surface area contributed by atoms with Crippen molar-refractivity contribution in [2.45, 2.75) is 25.8 Å². The van der Waals surface area contributed by atoms with Crippen LogP contribution in [0, 0.1) is 0 Å². The van der Waals surface area contributed by atoms with Crippen LogP contribution in [0.1, 0.15) is 30.1 Å². The second-order valence-electron chi connectivity index (χ2n) is 5.07. The summed E-state index contributed by atoms with van der Waals surface area (Å²) in [6.45, 7) is 3.03. The highest BCUT2D eigenvalue weighted by Gasteiger charge is 2.21. The smallest absolute Gasteiger partial charge is 0.257 e. The fourth-order valence-electron chi connectivity index (χ4n) is 2.33. The number of nitrogens with one attached hydrogen (secondary N) is 2. The quantitative estimate of drug-likeness (QED) is 0.809. The fraction of sp³-hybridized carbons (Fsp3) is 0.400. The van der Waals surface area contributed by atoms with Crippen molar-refractivity contribution < 1.29 is 9.59 Å². The first-order valence-electron chi connectivity index (χ1n) is 6.98. The molecule has 0 unspecified atom stereocenters. The minimum Gasteiger partial charge on any atom is -0.360 e. The Labute approximate surface area is 129 Å². The molecule has 112 valence electrons. The summed E-state index contributed by atoms with van der Waals surface area (Å²) in [6.07, 6.45) is 1.67. The van der Waals surface area contributed by atoms with E-state index >= 15 is 0 Å². The molecule has 1 saturated heterocycles. The Balaban J connectivity index is 1.78. The van der Waals surface area contributed by atoms with Crippen LogP contribution in [-0.4, -0.2) is 41.0 Å². The Morgan fingerprint density at radius 2 is 1.81 bits per heavy atom. The maximum atomic E-state index is 11.9. The minimum atomic E-state index is -0.214. The summed E-state index contributed by atoms with van der Waals surface area (Å²) < 4.78 is 0. The molecule has 1 fully saturated rings. The average Bonchev–Trinajstić information content (AvgIpc) is 2.48. The van der Waals surface area contributed by atoms with Gasteiger partial charge in [0.05, 0.1) is 0 Å². The van der Waals surface area contributed by atoms with E-state index in [9.17, 15) is 9.59 Å². The van der Waals surface area contributed by atoms with E-state index in [1.165, 1.54) is 0 Å². The van der Waals surface area contributed by atoms with Gasteiger partial charge in [0.15, 0.2) is 5.11 Å². The summed E-state index contributed by atoms with van der Waals surface area (Å²) >= 11 is 5.17. The highest BCUT2D eigenvalue weighted by Crippen LogP contribution is 2.10. The van der Waals surface area contributed by atoms with Crippen molar-refractivity contribution in [1.82, 2.24) is 15.5 Å². The molecule has 1 aliphatic heterocycles. The Morgan fingerprint density at radius 1 is 1.19 bits per heavy atom. The molecule has 2 rings (SSSR count).